The molecular weight excluding hydrogens is 388 g/mol. The summed E-state index contributed by atoms with van der Waals surface area (Å²) in [6.07, 6.45) is 0.627. The van der Waals surface area contributed by atoms with Crippen molar-refractivity contribution >= 4 is 27.5 Å². The molecule has 27 heavy (non-hydrogen) atoms. The maximum absolute atomic E-state index is 12.5. The van der Waals surface area contributed by atoms with Gasteiger partial charge in [-0.25, -0.2) is 13.1 Å². The minimum absolute atomic E-state index is 0.00453. The highest BCUT2D eigenvalue weighted by atomic mass is 35.5. The molecule has 2 aromatic rings. The van der Waals surface area contributed by atoms with Crippen molar-refractivity contribution in [2.24, 2.45) is 0 Å². The van der Waals surface area contributed by atoms with E-state index in [9.17, 15) is 13.2 Å². The topological polar surface area (TPSA) is 84.5 Å². The van der Waals surface area contributed by atoms with Gasteiger partial charge in [-0.05, 0) is 24.6 Å². The number of amides is 1. The molecule has 0 bridgehead atoms. The molecule has 1 heterocycles. The number of halogens is 1. The van der Waals surface area contributed by atoms with E-state index in [0.717, 1.165) is 11.1 Å². The van der Waals surface area contributed by atoms with Crippen LogP contribution in [0.5, 0.6) is 5.75 Å². The largest absolute Gasteiger partial charge is 0.489 e. The molecule has 8 heteroatoms. The van der Waals surface area contributed by atoms with Crippen molar-refractivity contribution in [3.63, 3.8) is 0 Å². The highest BCUT2D eigenvalue weighted by molar-refractivity contribution is 7.89. The minimum Gasteiger partial charge on any atom is -0.489 e. The Morgan fingerprint density at radius 1 is 1.26 bits per heavy atom. The van der Waals surface area contributed by atoms with Crippen LogP contribution in [0.4, 0.5) is 0 Å². The Labute approximate surface area is 163 Å². The number of ether oxygens (including phenoxy) is 1. The fourth-order valence-electron chi connectivity index (χ4n) is 2.88. The molecule has 0 aromatic heterocycles. The quantitative estimate of drug-likeness (QED) is 0.737. The van der Waals surface area contributed by atoms with Gasteiger partial charge in [-0.2, -0.15) is 0 Å². The summed E-state index contributed by atoms with van der Waals surface area (Å²) in [7, 11) is -3.75. The molecule has 1 unspecified atom stereocenters. The second kappa shape index (κ2) is 8.29. The standard InChI is InChI=1S/C19H21ClN2O4S/c1-13-9-15-10-16(11-17(20)19(15)26-13)27(24,25)22-8-7-18(23)21-12-14-5-3-2-4-6-14/h2-6,10-11,13,22H,7-9,12H2,1H3,(H,21,23). The molecule has 2 N–H and O–H groups in total. The van der Waals surface area contributed by atoms with Gasteiger partial charge in [0.15, 0.2) is 0 Å². The molecule has 3 rings (SSSR count). The number of nitrogens with one attached hydrogen (secondary N) is 2. The van der Waals surface area contributed by atoms with Crippen molar-refractivity contribution in [3.8, 4) is 5.75 Å². The summed E-state index contributed by atoms with van der Waals surface area (Å²) in [5.74, 6) is 0.319. The van der Waals surface area contributed by atoms with Gasteiger partial charge in [-0.3, -0.25) is 4.79 Å². The predicted octanol–water partition coefficient (Wildman–Crippen LogP) is 2.65. The molecule has 1 atom stereocenters. The minimum atomic E-state index is -3.75. The van der Waals surface area contributed by atoms with E-state index < -0.39 is 10.0 Å². The zero-order chi connectivity index (χ0) is 19.4. The van der Waals surface area contributed by atoms with E-state index in [0.29, 0.717) is 18.7 Å². The fraction of sp³-hybridized carbons (Fsp3) is 0.316. The number of sulfonamides is 1. The van der Waals surface area contributed by atoms with Crippen LogP contribution in [-0.4, -0.2) is 27.0 Å². The van der Waals surface area contributed by atoms with Crippen LogP contribution >= 0.6 is 11.6 Å². The number of benzene rings is 2. The molecule has 1 amide bonds. The zero-order valence-corrected chi connectivity index (χ0v) is 16.4. The molecule has 0 fully saturated rings. The highest BCUT2D eigenvalue weighted by Crippen LogP contribution is 2.37. The molecule has 0 saturated heterocycles. The lowest BCUT2D eigenvalue weighted by atomic mass is 10.1. The third kappa shape index (κ3) is 5.00. The lowest BCUT2D eigenvalue weighted by Gasteiger charge is -2.10. The van der Waals surface area contributed by atoms with Gasteiger partial charge in [-0.1, -0.05) is 41.9 Å². The summed E-state index contributed by atoms with van der Waals surface area (Å²) < 4.78 is 33.0. The van der Waals surface area contributed by atoms with Crippen LogP contribution in [0, 0.1) is 0 Å². The zero-order valence-electron chi connectivity index (χ0n) is 14.9. The van der Waals surface area contributed by atoms with E-state index in [1.54, 1.807) is 6.07 Å². The summed E-state index contributed by atoms with van der Waals surface area (Å²) >= 11 is 6.15. The predicted molar refractivity (Wildman–Crippen MR) is 103 cm³/mol. The van der Waals surface area contributed by atoms with Crippen LogP contribution in [-0.2, 0) is 27.8 Å². The Bertz CT molecular complexity index is 932. The molecule has 0 saturated carbocycles. The van der Waals surface area contributed by atoms with E-state index in [1.807, 2.05) is 37.3 Å². The first-order valence-corrected chi connectivity index (χ1v) is 10.5. The lowest BCUT2D eigenvalue weighted by Crippen LogP contribution is -2.30. The Morgan fingerprint density at radius 2 is 2.00 bits per heavy atom. The SMILES string of the molecule is CC1Cc2cc(S(=O)(=O)NCCC(=O)NCc3ccccc3)cc(Cl)c2O1. The number of carbonyl (C=O) groups excluding carboxylic acids is 1. The van der Waals surface area contributed by atoms with Crippen molar-refractivity contribution in [1.29, 1.82) is 0 Å². The summed E-state index contributed by atoms with van der Waals surface area (Å²) in [4.78, 5) is 12.0. The first kappa shape index (κ1) is 19.7. The maximum atomic E-state index is 12.5. The average molecular weight is 409 g/mol. The number of rotatable bonds is 7. The Kier molecular flexibility index (Phi) is 6.04. The molecule has 1 aliphatic heterocycles. The van der Waals surface area contributed by atoms with E-state index in [1.165, 1.54) is 6.07 Å². The van der Waals surface area contributed by atoms with Gasteiger partial charge in [0.2, 0.25) is 15.9 Å². The van der Waals surface area contributed by atoms with Gasteiger partial charge >= 0.3 is 0 Å². The maximum Gasteiger partial charge on any atom is 0.240 e. The molecule has 0 radical (unpaired) electrons. The van der Waals surface area contributed by atoms with Crippen molar-refractivity contribution < 1.29 is 17.9 Å². The van der Waals surface area contributed by atoms with Gasteiger partial charge in [0.05, 0.1) is 9.92 Å². The van der Waals surface area contributed by atoms with Crippen LogP contribution in [0.15, 0.2) is 47.4 Å². The number of hydrogen-bond acceptors (Lipinski definition) is 4. The highest BCUT2D eigenvalue weighted by Gasteiger charge is 2.25. The van der Waals surface area contributed by atoms with Crippen molar-refractivity contribution in [2.75, 3.05) is 6.54 Å². The summed E-state index contributed by atoms with van der Waals surface area (Å²) in [5, 5.41) is 3.04. The van der Waals surface area contributed by atoms with Gasteiger partial charge < -0.3 is 10.1 Å². The van der Waals surface area contributed by atoms with Crippen molar-refractivity contribution in [3.05, 3.63) is 58.6 Å². The Balaban J connectivity index is 1.54. The number of fused-ring (bicyclic) bond motifs is 1. The van der Waals surface area contributed by atoms with Gasteiger partial charge in [-0.15, -0.1) is 0 Å². The lowest BCUT2D eigenvalue weighted by molar-refractivity contribution is -0.121. The second-order valence-corrected chi connectivity index (χ2v) is 8.61. The Morgan fingerprint density at radius 3 is 2.74 bits per heavy atom. The molecular formula is C19H21ClN2O4S. The third-order valence-corrected chi connectivity index (χ3v) is 5.93. The molecule has 1 aliphatic rings. The van der Waals surface area contributed by atoms with Crippen molar-refractivity contribution in [2.45, 2.75) is 37.3 Å². The fourth-order valence-corrected chi connectivity index (χ4v) is 4.34. The summed E-state index contributed by atoms with van der Waals surface area (Å²) in [5.41, 5.74) is 1.76. The van der Waals surface area contributed by atoms with Crippen LogP contribution in [0.2, 0.25) is 5.02 Å². The normalized spacial score (nSPS) is 15.9. The molecule has 6 nitrogen and oxygen atoms in total. The molecule has 144 valence electrons. The summed E-state index contributed by atoms with van der Waals surface area (Å²) in [6.45, 7) is 2.31. The summed E-state index contributed by atoms with van der Waals surface area (Å²) in [6, 6.07) is 12.4. The first-order valence-electron chi connectivity index (χ1n) is 8.64. The van der Waals surface area contributed by atoms with E-state index in [-0.39, 0.29) is 34.9 Å². The first-order chi connectivity index (χ1) is 12.8. The van der Waals surface area contributed by atoms with E-state index in [2.05, 4.69) is 10.0 Å². The van der Waals surface area contributed by atoms with Crippen LogP contribution in [0.1, 0.15) is 24.5 Å². The second-order valence-electron chi connectivity index (χ2n) is 6.44. The van der Waals surface area contributed by atoms with E-state index in [4.69, 9.17) is 16.3 Å². The van der Waals surface area contributed by atoms with Gasteiger partial charge in [0, 0.05) is 31.5 Å². The average Bonchev–Trinajstić information content (AvgIpc) is 3.02. The van der Waals surface area contributed by atoms with Crippen molar-refractivity contribution in [1.82, 2.24) is 10.0 Å². The van der Waals surface area contributed by atoms with Gasteiger partial charge in [0.25, 0.3) is 0 Å². The smallest absolute Gasteiger partial charge is 0.240 e. The molecule has 0 aliphatic carbocycles. The van der Waals surface area contributed by atoms with Crippen LogP contribution in [0.3, 0.4) is 0 Å². The number of carbonyl (C=O) groups is 1. The van der Waals surface area contributed by atoms with Gasteiger partial charge in [0.1, 0.15) is 11.9 Å². The number of hydrogen-bond donors (Lipinski definition) is 2. The molecule has 0 spiro atoms. The van der Waals surface area contributed by atoms with Crippen LogP contribution < -0.4 is 14.8 Å². The van der Waals surface area contributed by atoms with E-state index >= 15 is 0 Å². The monoisotopic (exact) mass is 408 g/mol. The third-order valence-electron chi connectivity index (χ3n) is 4.21. The van der Waals surface area contributed by atoms with Crippen LogP contribution in [0.25, 0.3) is 0 Å². The molecule has 2 aromatic carbocycles. The Hall–Kier alpha value is -2.09.